The zero-order chi connectivity index (χ0) is 17.9. The molecule has 0 atom stereocenters. The number of benzene rings is 1. The predicted octanol–water partition coefficient (Wildman–Crippen LogP) is 5.47. The normalized spacial score (nSPS) is 16.2. The highest BCUT2D eigenvalue weighted by atomic mass is 127. The molecule has 1 aliphatic carbocycles. The van der Waals surface area contributed by atoms with E-state index < -0.39 is 5.41 Å². The third kappa shape index (κ3) is 4.65. The lowest BCUT2D eigenvalue weighted by Crippen LogP contribution is -2.22. The van der Waals surface area contributed by atoms with Gasteiger partial charge in [0.2, 0.25) is 0 Å². The minimum absolute atomic E-state index is 0.129. The lowest BCUT2D eigenvalue weighted by molar-refractivity contribution is -0.143. The number of carbonyl (C=O) groups is 1. The van der Waals surface area contributed by atoms with Crippen LogP contribution in [0.4, 0.5) is 0 Å². The molecule has 0 spiro atoms. The number of carbonyl (C=O) groups excluding carboxylic acids is 1. The number of rotatable bonds is 7. The summed E-state index contributed by atoms with van der Waals surface area (Å²) >= 11 is 4.58. The van der Waals surface area contributed by atoms with Gasteiger partial charge in [-0.1, -0.05) is 19.9 Å². The maximum Gasteiger partial charge on any atom is 0.316 e. The van der Waals surface area contributed by atoms with E-state index in [0.29, 0.717) is 12.5 Å². The number of hydrogen-bond acceptors (Lipinski definition) is 3. The number of ether oxygens (including phenoxy) is 2. The lowest BCUT2D eigenvalue weighted by Gasteiger charge is -2.17. The minimum atomic E-state index is -0.430. The molecule has 3 nitrogen and oxygen atoms in total. The number of halogens is 2. The second-order valence-corrected chi connectivity index (χ2v) is 9.14. The van der Waals surface area contributed by atoms with Gasteiger partial charge in [0.05, 0.1) is 19.7 Å². The van der Waals surface area contributed by atoms with Crippen molar-refractivity contribution in [2.45, 2.75) is 45.4 Å². The highest BCUT2D eigenvalue weighted by Gasteiger charge is 2.52. The Kier molecular flexibility index (Phi) is 6.99. The fraction of sp³-hybridized carbons (Fsp3) is 0.526. The fourth-order valence-electron chi connectivity index (χ4n) is 2.59. The third-order valence-electron chi connectivity index (χ3n) is 4.26. The van der Waals surface area contributed by atoms with Gasteiger partial charge in [-0.3, -0.25) is 4.79 Å². The van der Waals surface area contributed by atoms with Gasteiger partial charge in [0.1, 0.15) is 12.4 Å². The van der Waals surface area contributed by atoms with Gasteiger partial charge in [-0.2, -0.15) is 0 Å². The van der Waals surface area contributed by atoms with Crippen LogP contribution in [0.5, 0.6) is 5.75 Å². The minimum Gasteiger partial charge on any atom is -0.487 e. The maximum absolute atomic E-state index is 12.1. The van der Waals surface area contributed by atoms with Crippen molar-refractivity contribution in [3.63, 3.8) is 0 Å². The number of allylic oxidation sites excluding steroid dienone is 1. The van der Waals surface area contributed by atoms with E-state index in [-0.39, 0.29) is 5.97 Å². The van der Waals surface area contributed by atoms with Crippen LogP contribution in [-0.4, -0.2) is 19.7 Å². The van der Waals surface area contributed by atoms with E-state index in [1.165, 1.54) is 12.7 Å². The Morgan fingerprint density at radius 2 is 1.88 bits per heavy atom. The maximum atomic E-state index is 12.1. The van der Waals surface area contributed by atoms with Crippen LogP contribution < -0.4 is 4.74 Å². The van der Waals surface area contributed by atoms with Crippen LogP contribution in [0.1, 0.15) is 45.6 Å². The molecule has 1 aliphatic rings. The van der Waals surface area contributed by atoms with Gasteiger partial charge in [-0.15, -0.1) is 0 Å². The van der Waals surface area contributed by atoms with E-state index in [1.54, 1.807) is 0 Å². The fourth-order valence-corrected chi connectivity index (χ4v) is 4.67. The summed E-state index contributed by atoms with van der Waals surface area (Å²) in [6.07, 6.45) is 5.05. The first-order valence-corrected chi connectivity index (χ1v) is 10.3. The zero-order valence-corrected chi connectivity index (χ0v) is 18.9. The molecule has 0 N–H and O–H groups in total. The molecule has 0 unspecified atom stereocenters. The van der Waals surface area contributed by atoms with Crippen LogP contribution in [0.25, 0.3) is 0 Å². The van der Waals surface area contributed by atoms with Crippen molar-refractivity contribution in [1.82, 2.24) is 0 Å². The van der Waals surface area contributed by atoms with Crippen LogP contribution in [-0.2, 0) is 14.9 Å². The van der Waals surface area contributed by atoms with Crippen molar-refractivity contribution in [3.05, 3.63) is 36.5 Å². The predicted molar refractivity (Wildman–Crippen MR) is 114 cm³/mol. The lowest BCUT2D eigenvalue weighted by atomic mass is 9.96. The Balaban J connectivity index is 2.14. The van der Waals surface area contributed by atoms with Crippen molar-refractivity contribution < 1.29 is 14.3 Å². The first-order chi connectivity index (χ1) is 11.3. The van der Waals surface area contributed by atoms with Crippen LogP contribution in [0.2, 0.25) is 0 Å². The molecule has 1 saturated carbocycles. The molecule has 1 aromatic rings. The molecule has 24 heavy (non-hydrogen) atoms. The molecule has 2 rings (SSSR count). The molecule has 0 saturated heterocycles. The Morgan fingerprint density at radius 3 is 2.33 bits per heavy atom. The van der Waals surface area contributed by atoms with Crippen LogP contribution in [0.15, 0.2) is 23.8 Å². The van der Waals surface area contributed by atoms with Crippen molar-refractivity contribution in [3.8, 4) is 5.75 Å². The third-order valence-corrected chi connectivity index (χ3v) is 5.86. The molecule has 0 radical (unpaired) electrons. The van der Waals surface area contributed by atoms with Crippen molar-refractivity contribution in [1.29, 1.82) is 0 Å². The summed E-state index contributed by atoms with van der Waals surface area (Å²) in [7, 11) is 1.46. The molecular formula is C19H24I2O3. The molecule has 0 amide bonds. The summed E-state index contributed by atoms with van der Waals surface area (Å²) in [5.74, 6) is 1.43. The number of hydrogen-bond donors (Lipinski definition) is 0. The molecule has 1 aromatic carbocycles. The summed E-state index contributed by atoms with van der Waals surface area (Å²) in [5, 5.41) is 0. The Bertz CT molecular complexity index is 623. The molecule has 0 bridgehead atoms. The average Bonchev–Trinajstić information content (AvgIpc) is 3.33. The van der Waals surface area contributed by atoms with Crippen LogP contribution in [0.3, 0.4) is 0 Å². The Morgan fingerprint density at radius 1 is 1.29 bits per heavy atom. The van der Waals surface area contributed by atoms with E-state index in [9.17, 15) is 4.79 Å². The molecule has 132 valence electrons. The van der Waals surface area contributed by atoms with Crippen molar-refractivity contribution >= 4 is 51.2 Å². The van der Waals surface area contributed by atoms with E-state index >= 15 is 0 Å². The van der Waals surface area contributed by atoms with Crippen molar-refractivity contribution in [2.75, 3.05) is 13.7 Å². The van der Waals surface area contributed by atoms with Crippen molar-refractivity contribution in [2.24, 2.45) is 5.92 Å². The average molecular weight is 554 g/mol. The van der Waals surface area contributed by atoms with Gasteiger partial charge >= 0.3 is 5.97 Å². The van der Waals surface area contributed by atoms with Crippen LogP contribution >= 0.6 is 45.2 Å². The molecule has 0 heterocycles. The molecule has 0 aromatic heterocycles. The SMILES string of the molecule is COC(=O)C1(c2cc(I)c(OC/C(C)=C/CC(C)C)c(I)c2)CC1. The van der Waals surface area contributed by atoms with Gasteiger partial charge in [-0.25, -0.2) is 0 Å². The quantitative estimate of drug-likeness (QED) is 0.255. The second kappa shape index (κ2) is 8.38. The monoisotopic (exact) mass is 554 g/mol. The van der Waals surface area contributed by atoms with E-state index in [0.717, 1.165) is 37.7 Å². The standard InChI is InChI=1S/C19H24I2O3/c1-12(2)5-6-13(3)11-24-17-15(20)9-14(10-16(17)21)19(7-8-19)18(22)23-4/h6,9-10,12H,5,7-8,11H2,1-4H3/b13-6+. The van der Waals surface area contributed by atoms with Gasteiger partial charge < -0.3 is 9.47 Å². The van der Waals surface area contributed by atoms with Gasteiger partial charge in [-0.05, 0) is 101 Å². The Hall–Kier alpha value is -0.310. The van der Waals surface area contributed by atoms with E-state index in [4.69, 9.17) is 9.47 Å². The summed E-state index contributed by atoms with van der Waals surface area (Å²) < 4.78 is 13.1. The second-order valence-electron chi connectivity index (χ2n) is 6.81. The topological polar surface area (TPSA) is 35.5 Å². The Labute approximate surface area is 171 Å². The highest BCUT2D eigenvalue weighted by molar-refractivity contribution is 14.1. The number of esters is 1. The summed E-state index contributed by atoms with van der Waals surface area (Å²) in [6.45, 7) is 7.13. The van der Waals surface area contributed by atoms with Crippen LogP contribution in [0, 0.1) is 13.1 Å². The molecular weight excluding hydrogens is 530 g/mol. The van der Waals surface area contributed by atoms with Gasteiger partial charge in [0.25, 0.3) is 0 Å². The van der Waals surface area contributed by atoms with Gasteiger partial charge in [0.15, 0.2) is 0 Å². The largest absolute Gasteiger partial charge is 0.487 e. The molecule has 1 fully saturated rings. The summed E-state index contributed by atoms with van der Waals surface area (Å²) in [6, 6.07) is 4.13. The van der Waals surface area contributed by atoms with E-state index in [1.807, 2.05) is 0 Å². The number of methoxy groups -OCH3 is 1. The first kappa shape index (κ1) is 20.0. The zero-order valence-electron chi connectivity index (χ0n) is 14.6. The summed E-state index contributed by atoms with van der Waals surface area (Å²) in [5.41, 5.74) is 1.86. The molecule has 5 heteroatoms. The van der Waals surface area contributed by atoms with Gasteiger partial charge in [0, 0.05) is 0 Å². The smallest absolute Gasteiger partial charge is 0.316 e. The molecule has 0 aliphatic heterocycles. The first-order valence-electron chi connectivity index (χ1n) is 8.16. The van der Waals surface area contributed by atoms with E-state index in [2.05, 4.69) is 84.2 Å². The highest BCUT2D eigenvalue weighted by Crippen LogP contribution is 2.50. The summed E-state index contributed by atoms with van der Waals surface area (Å²) in [4.78, 5) is 12.1.